The summed E-state index contributed by atoms with van der Waals surface area (Å²) >= 11 is 0. The van der Waals surface area contributed by atoms with Crippen LogP contribution in [0.15, 0.2) is 30.7 Å². The Morgan fingerprint density at radius 2 is 2.08 bits per heavy atom. The van der Waals surface area contributed by atoms with Crippen LogP contribution in [0.25, 0.3) is 0 Å². The van der Waals surface area contributed by atoms with Gasteiger partial charge in [0.15, 0.2) is 5.82 Å². The van der Waals surface area contributed by atoms with Crippen LogP contribution in [0, 0.1) is 5.82 Å². The lowest BCUT2D eigenvalue weighted by Crippen LogP contribution is -2.24. The average Bonchev–Trinajstić information content (AvgIpc) is 2.53. The molecule has 0 spiro atoms. The topological polar surface area (TPSA) is 73.3 Å². The summed E-state index contributed by atoms with van der Waals surface area (Å²) in [5.41, 5.74) is 0.309. The summed E-state index contributed by atoms with van der Waals surface area (Å²) in [5, 5.41) is 2.46. The number of hydrogen-bond acceptors (Lipinski definition) is 5. The van der Waals surface area contributed by atoms with Crippen LogP contribution in [-0.2, 0) is 6.54 Å². The Morgan fingerprint density at radius 1 is 1.33 bits per heavy atom. The quantitative estimate of drug-likeness (QED) is 0.843. The maximum absolute atomic E-state index is 13.5. The minimum absolute atomic E-state index is 0.0261. The minimum Gasteiger partial charge on any atom is -0.496 e. The van der Waals surface area contributed by atoms with E-state index in [1.807, 2.05) is 0 Å². The third-order valence-corrected chi connectivity index (χ3v) is 2.80. The Labute approximate surface area is 133 Å². The second-order valence-electron chi connectivity index (χ2n) is 4.43. The van der Waals surface area contributed by atoms with Gasteiger partial charge in [0.05, 0.1) is 12.7 Å². The molecule has 0 atom stereocenters. The number of aromatic nitrogens is 2. The Bertz CT molecular complexity index is 737. The average molecular weight is 345 g/mol. The van der Waals surface area contributed by atoms with Gasteiger partial charge >= 0.3 is 6.36 Å². The highest BCUT2D eigenvalue weighted by atomic mass is 19.4. The lowest BCUT2D eigenvalue weighted by atomic mass is 10.2. The van der Waals surface area contributed by atoms with E-state index in [1.165, 1.54) is 19.5 Å². The molecule has 0 aliphatic carbocycles. The van der Waals surface area contributed by atoms with Crippen LogP contribution in [0.4, 0.5) is 17.6 Å². The highest BCUT2D eigenvalue weighted by Gasteiger charge is 2.33. The van der Waals surface area contributed by atoms with E-state index in [0.717, 1.165) is 6.20 Å². The molecule has 10 heteroatoms. The molecule has 2 heterocycles. The van der Waals surface area contributed by atoms with Crippen LogP contribution < -0.4 is 14.8 Å². The number of pyridine rings is 2. The SMILES string of the molecule is COc1ccncc1CNC(=O)c1cnc(OC(F)(F)F)c(F)c1. The summed E-state index contributed by atoms with van der Waals surface area (Å²) < 4.78 is 58.1. The number of carbonyl (C=O) groups is 1. The zero-order valence-electron chi connectivity index (χ0n) is 12.2. The molecule has 0 aromatic carbocycles. The van der Waals surface area contributed by atoms with Gasteiger partial charge in [0.1, 0.15) is 5.75 Å². The summed E-state index contributed by atoms with van der Waals surface area (Å²) in [5.74, 6) is -2.90. The van der Waals surface area contributed by atoms with Crippen LogP contribution in [0.3, 0.4) is 0 Å². The second-order valence-corrected chi connectivity index (χ2v) is 4.43. The molecule has 0 radical (unpaired) electrons. The van der Waals surface area contributed by atoms with Gasteiger partial charge in [-0.15, -0.1) is 13.2 Å². The van der Waals surface area contributed by atoms with Gasteiger partial charge in [-0.05, 0) is 12.1 Å². The number of carbonyl (C=O) groups excluding carboxylic acids is 1. The van der Waals surface area contributed by atoms with Crippen LogP contribution >= 0.6 is 0 Å². The number of hydrogen-bond donors (Lipinski definition) is 1. The van der Waals surface area contributed by atoms with Gasteiger partial charge in [-0.3, -0.25) is 9.78 Å². The van der Waals surface area contributed by atoms with E-state index >= 15 is 0 Å². The summed E-state index contributed by atoms with van der Waals surface area (Å²) in [6.45, 7) is 0.0261. The van der Waals surface area contributed by atoms with Crippen molar-refractivity contribution in [2.24, 2.45) is 0 Å². The highest BCUT2D eigenvalue weighted by molar-refractivity contribution is 5.93. The van der Waals surface area contributed by atoms with E-state index in [9.17, 15) is 22.4 Å². The molecule has 0 saturated carbocycles. The van der Waals surface area contributed by atoms with Crippen molar-refractivity contribution >= 4 is 5.91 Å². The first-order valence-corrected chi connectivity index (χ1v) is 6.46. The molecule has 0 unspecified atom stereocenters. The predicted octanol–water partition coefficient (Wildman–Crippen LogP) is 2.45. The van der Waals surface area contributed by atoms with Crippen molar-refractivity contribution in [2.45, 2.75) is 12.9 Å². The van der Waals surface area contributed by atoms with Gasteiger partial charge in [0.25, 0.3) is 11.8 Å². The fourth-order valence-corrected chi connectivity index (χ4v) is 1.76. The first kappa shape index (κ1) is 17.4. The highest BCUT2D eigenvalue weighted by Crippen LogP contribution is 2.23. The number of ether oxygens (including phenoxy) is 2. The molecule has 1 amide bonds. The smallest absolute Gasteiger partial charge is 0.496 e. The van der Waals surface area contributed by atoms with Crippen molar-refractivity contribution in [3.05, 3.63) is 47.7 Å². The molecule has 128 valence electrons. The molecule has 0 aliphatic rings. The lowest BCUT2D eigenvalue weighted by Gasteiger charge is -2.10. The van der Waals surface area contributed by atoms with Crippen molar-refractivity contribution < 1.29 is 31.8 Å². The number of halogens is 4. The van der Waals surface area contributed by atoms with E-state index in [4.69, 9.17) is 4.74 Å². The zero-order chi connectivity index (χ0) is 17.7. The normalized spacial score (nSPS) is 11.0. The monoisotopic (exact) mass is 345 g/mol. The molecule has 6 nitrogen and oxygen atoms in total. The van der Waals surface area contributed by atoms with Crippen molar-refractivity contribution in [1.82, 2.24) is 15.3 Å². The van der Waals surface area contributed by atoms with Gasteiger partial charge in [0.2, 0.25) is 0 Å². The first-order valence-electron chi connectivity index (χ1n) is 6.46. The van der Waals surface area contributed by atoms with E-state index < -0.39 is 24.0 Å². The molecule has 0 fully saturated rings. The molecule has 24 heavy (non-hydrogen) atoms. The van der Waals surface area contributed by atoms with Gasteiger partial charge in [-0.2, -0.15) is 0 Å². The van der Waals surface area contributed by atoms with Crippen LogP contribution in [0.2, 0.25) is 0 Å². The Morgan fingerprint density at radius 3 is 2.71 bits per heavy atom. The first-order chi connectivity index (χ1) is 11.3. The van der Waals surface area contributed by atoms with E-state index in [1.54, 1.807) is 6.07 Å². The Kier molecular flexibility index (Phi) is 5.17. The van der Waals surface area contributed by atoms with Crippen molar-refractivity contribution in [3.8, 4) is 11.6 Å². The summed E-state index contributed by atoms with van der Waals surface area (Å²) in [7, 11) is 1.44. The summed E-state index contributed by atoms with van der Waals surface area (Å²) in [6, 6.07) is 2.19. The number of rotatable bonds is 5. The molecule has 2 aromatic heterocycles. The second kappa shape index (κ2) is 7.11. The van der Waals surface area contributed by atoms with E-state index in [2.05, 4.69) is 20.0 Å². The Hall–Kier alpha value is -2.91. The van der Waals surface area contributed by atoms with Crippen LogP contribution in [0.5, 0.6) is 11.6 Å². The zero-order valence-corrected chi connectivity index (χ0v) is 12.2. The van der Waals surface area contributed by atoms with E-state index in [-0.39, 0.29) is 12.1 Å². The molecule has 2 aromatic rings. The van der Waals surface area contributed by atoms with Crippen LogP contribution in [0.1, 0.15) is 15.9 Å². The maximum atomic E-state index is 13.5. The van der Waals surface area contributed by atoms with Gasteiger partial charge in [-0.25, -0.2) is 9.37 Å². The number of methoxy groups -OCH3 is 1. The molecular formula is C14H11F4N3O3. The van der Waals surface area contributed by atoms with Gasteiger partial charge in [0, 0.05) is 30.7 Å². The Balaban J connectivity index is 2.06. The molecule has 2 rings (SSSR count). The van der Waals surface area contributed by atoms with Crippen LogP contribution in [-0.4, -0.2) is 29.3 Å². The van der Waals surface area contributed by atoms with Gasteiger partial charge in [-0.1, -0.05) is 0 Å². The van der Waals surface area contributed by atoms with E-state index in [0.29, 0.717) is 17.4 Å². The molecule has 0 aliphatic heterocycles. The molecular weight excluding hydrogens is 334 g/mol. The number of nitrogens with zero attached hydrogens (tertiary/aromatic N) is 2. The van der Waals surface area contributed by atoms with Crippen molar-refractivity contribution in [1.29, 1.82) is 0 Å². The summed E-state index contributed by atoms with van der Waals surface area (Å²) in [6.07, 6.45) is -1.32. The maximum Gasteiger partial charge on any atom is 0.574 e. The fourth-order valence-electron chi connectivity index (χ4n) is 1.76. The lowest BCUT2D eigenvalue weighted by molar-refractivity contribution is -0.277. The minimum atomic E-state index is -5.07. The molecule has 1 N–H and O–H groups in total. The largest absolute Gasteiger partial charge is 0.574 e. The molecule has 0 bridgehead atoms. The standard InChI is InChI=1S/C14H11F4N3O3/c1-23-11-2-3-19-5-9(11)7-20-12(22)8-4-10(15)13(21-6-8)24-14(16,17)18/h2-6H,7H2,1H3,(H,20,22). The number of amides is 1. The molecule has 0 saturated heterocycles. The van der Waals surface area contributed by atoms with Crippen molar-refractivity contribution in [3.63, 3.8) is 0 Å². The van der Waals surface area contributed by atoms with Gasteiger partial charge < -0.3 is 14.8 Å². The fraction of sp³-hybridized carbons (Fsp3) is 0.214. The predicted molar refractivity (Wildman–Crippen MR) is 72.8 cm³/mol. The third-order valence-electron chi connectivity index (χ3n) is 2.80. The van der Waals surface area contributed by atoms with Crippen molar-refractivity contribution in [2.75, 3.05) is 7.11 Å². The number of alkyl halides is 3. The number of nitrogens with one attached hydrogen (secondary N) is 1. The third kappa shape index (κ3) is 4.54. The summed E-state index contributed by atoms with van der Waals surface area (Å²) in [4.78, 5) is 19.0.